The average Bonchev–Trinajstić information content (AvgIpc) is 2.88. The molecule has 7 heteroatoms. The average molecular weight is 276 g/mol. The summed E-state index contributed by atoms with van der Waals surface area (Å²) in [6.45, 7) is 3.05. The largest absolute Gasteiger partial charge is 0.481 e. The van der Waals surface area contributed by atoms with Crippen molar-refractivity contribution < 1.29 is 4.74 Å². The predicted octanol–water partition coefficient (Wildman–Crippen LogP) is 0.897. The van der Waals surface area contributed by atoms with E-state index in [0.29, 0.717) is 5.88 Å². The second kappa shape index (κ2) is 6.95. The number of methoxy groups -OCH3 is 1. The summed E-state index contributed by atoms with van der Waals surface area (Å²) >= 11 is 0. The van der Waals surface area contributed by atoms with Gasteiger partial charge in [-0.1, -0.05) is 12.1 Å². The second-order valence-corrected chi connectivity index (χ2v) is 4.58. The van der Waals surface area contributed by atoms with E-state index < -0.39 is 0 Å². The lowest BCUT2D eigenvalue weighted by molar-refractivity contribution is 0.393. The Morgan fingerprint density at radius 3 is 2.90 bits per heavy atom. The van der Waals surface area contributed by atoms with Gasteiger partial charge >= 0.3 is 0 Å². The van der Waals surface area contributed by atoms with Crippen molar-refractivity contribution in [3.63, 3.8) is 0 Å². The van der Waals surface area contributed by atoms with Crippen LogP contribution >= 0.6 is 0 Å². The van der Waals surface area contributed by atoms with E-state index in [4.69, 9.17) is 4.74 Å². The van der Waals surface area contributed by atoms with Gasteiger partial charge in [-0.2, -0.15) is 0 Å². The summed E-state index contributed by atoms with van der Waals surface area (Å²) in [7, 11) is 3.46. The number of rotatable bonds is 7. The Morgan fingerprint density at radius 2 is 2.25 bits per heavy atom. The fourth-order valence-electron chi connectivity index (χ4n) is 1.95. The molecule has 0 saturated carbocycles. The molecule has 0 aromatic carbocycles. The first-order valence-electron chi connectivity index (χ1n) is 6.67. The first-order valence-corrected chi connectivity index (χ1v) is 6.67. The van der Waals surface area contributed by atoms with Crippen molar-refractivity contribution in [2.45, 2.75) is 25.8 Å². The minimum atomic E-state index is 0.0727. The molecule has 0 radical (unpaired) electrons. The fraction of sp³-hybridized carbons (Fsp3) is 0.538. The smallest absolute Gasteiger partial charge is 0.216 e. The van der Waals surface area contributed by atoms with Gasteiger partial charge in [0.2, 0.25) is 5.88 Å². The number of aromatic nitrogens is 5. The van der Waals surface area contributed by atoms with E-state index >= 15 is 0 Å². The summed E-state index contributed by atoms with van der Waals surface area (Å²) < 4.78 is 6.85. The number of aryl methyl sites for hydroxylation is 1. The molecule has 7 nitrogen and oxygen atoms in total. The zero-order valence-corrected chi connectivity index (χ0v) is 12.1. The van der Waals surface area contributed by atoms with Crippen LogP contribution in [0.25, 0.3) is 0 Å². The van der Waals surface area contributed by atoms with Gasteiger partial charge in [-0.15, -0.1) is 5.10 Å². The molecule has 0 bridgehead atoms. The Labute approximate surface area is 118 Å². The molecule has 1 N–H and O–H groups in total. The van der Waals surface area contributed by atoms with Crippen LogP contribution in [0.15, 0.2) is 18.6 Å². The number of nitrogens with zero attached hydrogens (tertiary/aromatic N) is 5. The van der Waals surface area contributed by atoms with Crippen LogP contribution in [0, 0.1) is 0 Å². The highest BCUT2D eigenvalue weighted by molar-refractivity contribution is 5.18. The van der Waals surface area contributed by atoms with Gasteiger partial charge in [-0.25, -0.2) is 9.97 Å². The van der Waals surface area contributed by atoms with Crippen LogP contribution in [0.1, 0.15) is 30.8 Å². The Kier molecular flexibility index (Phi) is 5.00. The summed E-state index contributed by atoms with van der Waals surface area (Å²) in [4.78, 5) is 8.37. The van der Waals surface area contributed by atoms with Gasteiger partial charge in [-0.05, 0) is 13.0 Å². The lowest BCUT2D eigenvalue weighted by Gasteiger charge is -2.17. The molecule has 1 unspecified atom stereocenters. The van der Waals surface area contributed by atoms with Crippen molar-refractivity contribution in [3.05, 3.63) is 30.0 Å². The van der Waals surface area contributed by atoms with Crippen LogP contribution in [0.2, 0.25) is 0 Å². The molecule has 0 fully saturated rings. The second-order valence-electron chi connectivity index (χ2n) is 4.58. The summed E-state index contributed by atoms with van der Waals surface area (Å²) in [5, 5.41) is 11.6. The maximum atomic E-state index is 5.15. The summed E-state index contributed by atoms with van der Waals surface area (Å²) in [5.74, 6) is 0.567. The summed E-state index contributed by atoms with van der Waals surface area (Å²) in [6, 6.07) is 1.92. The van der Waals surface area contributed by atoms with Gasteiger partial charge in [0.1, 0.15) is 6.33 Å². The highest BCUT2D eigenvalue weighted by Crippen LogP contribution is 2.18. The molecule has 0 aliphatic carbocycles. The van der Waals surface area contributed by atoms with Crippen LogP contribution in [0.4, 0.5) is 0 Å². The van der Waals surface area contributed by atoms with E-state index in [1.807, 2.05) is 19.3 Å². The van der Waals surface area contributed by atoms with Crippen LogP contribution in [0.3, 0.4) is 0 Å². The topological polar surface area (TPSA) is 77.8 Å². The van der Waals surface area contributed by atoms with Crippen LogP contribution in [-0.4, -0.2) is 38.6 Å². The fourth-order valence-corrected chi connectivity index (χ4v) is 1.95. The monoisotopic (exact) mass is 276 g/mol. The van der Waals surface area contributed by atoms with Gasteiger partial charge in [0, 0.05) is 25.7 Å². The van der Waals surface area contributed by atoms with Gasteiger partial charge in [0.25, 0.3) is 0 Å². The molecule has 2 rings (SSSR count). The van der Waals surface area contributed by atoms with Gasteiger partial charge in [-0.3, -0.25) is 4.68 Å². The SMILES string of the molecule is CCCNC(Cc1cn(C)nn1)c1cc(OC)ncn1. The van der Waals surface area contributed by atoms with E-state index in [1.54, 1.807) is 11.8 Å². The van der Waals surface area contributed by atoms with E-state index in [2.05, 4.69) is 32.5 Å². The normalized spacial score (nSPS) is 12.3. The third kappa shape index (κ3) is 3.74. The molecule has 2 heterocycles. The third-order valence-corrected chi connectivity index (χ3v) is 2.93. The first kappa shape index (κ1) is 14.4. The number of nitrogens with one attached hydrogen (secondary N) is 1. The molecule has 0 aliphatic rings. The first-order chi connectivity index (χ1) is 9.72. The number of ether oxygens (including phenoxy) is 1. The standard InChI is InChI=1S/C13H20N6O/c1-4-5-14-11(6-10-8-19(2)18-17-10)12-7-13(20-3)16-9-15-12/h7-9,11,14H,4-6H2,1-3H3. The summed E-state index contributed by atoms with van der Waals surface area (Å²) in [6.07, 6.45) is 5.22. The third-order valence-electron chi connectivity index (χ3n) is 2.93. The Bertz CT molecular complexity index is 541. The van der Waals surface area contributed by atoms with Crippen LogP contribution < -0.4 is 10.1 Å². The van der Waals surface area contributed by atoms with E-state index in [0.717, 1.165) is 30.8 Å². The molecule has 0 amide bonds. The van der Waals surface area contributed by atoms with Crippen molar-refractivity contribution in [2.75, 3.05) is 13.7 Å². The molecule has 0 aliphatic heterocycles. The molecule has 0 saturated heterocycles. The minimum Gasteiger partial charge on any atom is -0.481 e. The highest BCUT2D eigenvalue weighted by atomic mass is 16.5. The van der Waals surface area contributed by atoms with Crippen molar-refractivity contribution in [3.8, 4) is 5.88 Å². The Balaban J connectivity index is 2.17. The Morgan fingerprint density at radius 1 is 1.40 bits per heavy atom. The lowest BCUT2D eigenvalue weighted by atomic mass is 10.1. The van der Waals surface area contributed by atoms with E-state index in [-0.39, 0.29) is 6.04 Å². The number of hydrogen-bond donors (Lipinski definition) is 1. The lowest BCUT2D eigenvalue weighted by Crippen LogP contribution is -2.25. The molecular formula is C13H20N6O. The van der Waals surface area contributed by atoms with Gasteiger partial charge < -0.3 is 10.1 Å². The zero-order chi connectivity index (χ0) is 14.4. The zero-order valence-electron chi connectivity index (χ0n) is 12.1. The van der Waals surface area contributed by atoms with Crippen molar-refractivity contribution in [2.24, 2.45) is 7.05 Å². The van der Waals surface area contributed by atoms with E-state index in [1.165, 1.54) is 6.33 Å². The Hall–Kier alpha value is -2.02. The molecular weight excluding hydrogens is 256 g/mol. The van der Waals surface area contributed by atoms with Crippen LogP contribution in [-0.2, 0) is 13.5 Å². The molecule has 20 heavy (non-hydrogen) atoms. The summed E-state index contributed by atoms with van der Waals surface area (Å²) in [5.41, 5.74) is 1.83. The quantitative estimate of drug-likeness (QED) is 0.809. The van der Waals surface area contributed by atoms with Crippen LogP contribution in [0.5, 0.6) is 5.88 Å². The van der Waals surface area contributed by atoms with Crippen molar-refractivity contribution in [1.82, 2.24) is 30.3 Å². The van der Waals surface area contributed by atoms with Crippen molar-refractivity contribution in [1.29, 1.82) is 0 Å². The molecule has 1 atom stereocenters. The van der Waals surface area contributed by atoms with E-state index in [9.17, 15) is 0 Å². The maximum Gasteiger partial charge on any atom is 0.216 e. The molecule has 108 valence electrons. The maximum absolute atomic E-state index is 5.15. The van der Waals surface area contributed by atoms with Crippen molar-refractivity contribution >= 4 is 0 Å². The molecule has 2 aromatic rings. The highest BCUT2D eigenvalue weighted by Gasteiger charge is 2.16. The molecule has 0 spiro atoms. The molecule has 2 aromatic heterocycles. The van der Waals surface area contributed by atoms with Gasteiger partial charge in [0.15, 0.2) is 0 Å². The van der Waals surface area contributed by atoms with Gasteiger partial charge in [0.05, 0.1) is 24.5 Å². The number of hydrogen-bond acceptors (Lipinski definition) is 6. The predicted molar refractivity (Wildman–Crippen MR) is 74.3 cm³/mol. The minimum absolute atomic E-state index is 0.0727.